The number of imide groups is 1. The molecule has 1 aliphatic heterocycles. The molecule has 0 atom stereocenters. The zero-order valence-electron chi connectivity index (χ0n) is 13.1. The summed E-state index contributed by atoms with van der Waals surface area (Å²) in [5, 5.41) is 3.93. The van der Waals surface area contributed by atoms with Crippen LogP contribution in [0.4, 0.5) is 4.79 Å². The Morgan fingerprint density at radius 1 is 1.26 bits per heavy atom. The second-order valence-electron chi connectivity index (χ2n) is 6.49. The van der Waals surface area contributed by atoms with Gasteiger partial charge in [0.1, 0.15) is 5.54 Å². The van der Waals surface area contributed by atoms with Gasteiger partial charge in [0.05, 0.1) is 6.54 Å². The van der Waals surface area contributed by atoms with Gasteiger partial charge >= 0.3 is 6.03 Å². The standard InChI is InChI=1S/C17H20Cl2N2O2/c1-2-11-5-7-17(8-6-11)15(22)21(16(23)20-17)10-12-3-4-13(18)9-14(12)19/h3-4,9,11H,2,5-8,10H2,1H3,(H,20,23). The summed E-state index contributed by atoms with van der Waals surface area (Å²) in [6.07, 6.45) is 4.54. The molecule has 1 saturated heterocycles. The number of rotatable bonds is 3. The van der Waals surface area contributed by atoms with E-state index in [1.807, 2.05) is 0 Å². The molecule has 1 aliphatic carbocycles. The minimum absolute atomic E-state index is 0.122. The topological polar surface area (TPSA) is 49.4 Å². The van der Waals surface area contributed by atoms with Crippen LogP contribution in [0.1, 0.15) is 44.6 Å². The summed E-state index contributed by atoms with van der Waals surface area (Å²) in [5.74, 6) is 0.535. The Morgan fingerprint density at radius 2 is 1.96 bits per heavy atom. The molecule has 3 rings (SSSR count). The first-order valence-corrected chi connectivity index (χ1v) is 8.79. The Bertz CT molecular complexity index is 639. The van der Waals surface area contributed by atoms with E-state index < -0.39 is 5.54 Å². The first-order chi connectivity index (χ1) is 10.9. The molecule has 6 heteroatoms. The summed E-state index contributed by atoms with van der Waals surface area (Å²) in [6, 6.07) is 4.77. The van der Waals surface area contributed by atoms with E-state index in [0.717, 1.165) is 37.7 Å². The maximum absolute atomic E-state index is 12.8. The summed E-state index contributed by atoms with van der Waals surface area (Å²) in [7, 11) is 0. The van der Waals surface area contributed by atoms with Gasteiger partial charge < -0.3 is 5.32 Å². The van der Waals surface area contributed by atoms with Crippen molar-refractivity contribution in [2.75, 3.05) is 0 Å². The molecule has 1 aromatic rings. The maximum Gasteiger partial charge on any atom is 0.325 e. The van der Waals surface area contributed by atoms with Gasteiger partial charge in [-0.1, -0.05) is 42.6 Å². The zero-order valence-corrected chi connectivity index (χ0v) is 14.6. The van der Waals surface area contributed by atoms with Crippen molar-refractivity contribution >= 4 is 35.1 Å². The fourth-order valence-electron chi connectivity index (χ4n) is 3.56. The molecule has 4 nitrogen and oxygen atoms in total. The number of hydrogen-bond donors (Lipinski definition) is 1. The van der Waals surface area contributed by atoms with Crippen LogP contribution < -0.4 is 5.32 Å². The average Bonchev–Trinajstić information content (AvgIpc) is 2.75. The number of carbonyl (C=O) groups is 2. The van der Waals surface area contributed by atoms with Crippen LogP contribution in [-0.4, -0.2) is 22.4 Å². The SMILES string of the molecule is CCC1CCC2(CC1)NC(=O)N(Cc1ccc(Cl)cc1Cl)C2=O. The number of amides is 3. The van der Waals surface area contributed by atoms with Gasteiger partial charge in [-0.05, 0) is 49.3 Å². The summed E-state index contributed by atoms with van der Waals surface area (Å²) >= 11 is 12.1. The van der Waals surface area contributed by atoms with E-state index in [2.05, 4.69) is 12.2 Å². The highest BCUT2D eigenvalue weighted by Crippen LogP contribution is 2.38. The first-order valence-electron chi connectivity index (χ1n) is 8.03. The first kappa shape index (κ1) is 16.6. The third-order valence-corrected chi connectivity index (χ3v) is 5.71. The Morgan fingerprint density at radius 3 is 2.57 bits per heavy atom. The van der Waals surface area contributed by atoms with E-state index >= 15 is 0 Å². The molecule has 1 N–H and O–H groups in total. The third-order valence-electron chi connectivity index (χ3n) is 5.13. The van der Waals surface area contributed by atoms with E-state index in [4.69, 9.17) is 23.2 Å². The van der Waals surface area contributed by atoms with E-state index in [1.54, 1.807) is 18.2 Å². The fourth-order valence-corrected chi connectivity index (χ4v) is 4.03. The number of hydrogen-bond acceptors (Lipinski definition) is 2. The molecule has 0 radical (unpaired) electrons. The van der Waals surface area contributed by atoms with Crippen LogP contribution in [0.25, 0.3) is 0 Å². The van der Waals surface area contributed by atoms with Crippen molar-refractivity contribution in [3.05, 3.63) is 33.8 Å². The Kier molecular flexibility index (Phi) is 4.56. The molecule has 3 amide bonds. The second-order valence-corrected chi connectivity index (χ2v) is 7.33. The number of nitrogens with zero attached hydrogens (tertiary/aromatic N) is 1. The molecule has 1 spiro atoms. The molecule has 1 saturated carbocycles. The molecular weight excluding hydrogens is 335 g/mol. The summed E-state index contributed by atoms with van der Waals surface area (Å²) in [5.41, 5.74) is 0.0145. The molecule has 1 aromatic carbocycles. The molecule has 2 aliphatic rings. The molecule has 0 unspecified atom stereocenters. The van der Waals surface area contributed by atoms with E-state index in [0.29, 0.717) is 16.0 Å². The van der Waals surface area contributed by atoms with E-state index in [9.17, 15) is 9.59 Å². The second kappa shape index (κ2) is 6.33. The third kappa shape index (κ3) is 3.07. The van der Waals surface area contributed by atoms with E-state index in [-0.39, 0.29) is 18.5 Å². The molecule has 124 valence electrons. The minimum atomic E-state index is -0.707. The highest BCUT2D eigenvalue weighted by atomic mass is 35.5. The summed E-state index contributed by atoms with van der Waals surface area (Å²) in [6.45, 7) is 2.35. The number of benzene rings is 1. The highest BCUT2D eigenvalue weighted by Gasteiger charge is 2.52. The van der Waals surface area contributed by atoms with Crippen molar-refractivity contribution in [1.82, 2.24) is 10.2 Å². The number of carbonyl (C=O) groups excluding carboxylic acids is 2. The lowest BCUT2D eigenvalue weighted by Crippen LogP contribution is -2.49. The molecule has 0 aromatic heterocycles. The van der Waals surface area contributed by atoms with Gasteiger partial charge in [-0.2, -0.15) is 0 Å². The Balaban J connectivity index is 1.77. The van der Waals surface area contributed by atoms with Crippen LogP contribution in [0.2, 0.25) is 10.0 Å². The van der Waals surface area contributed by atoms with Crippen molar-refractivity contribution in [1.29, 1.82) is 0 Å². The molecule has 2 fully saturated rings. The Labute approximate surface area is 146 Å². The summed E-state index contributed by atoms with van der Waals surface area (Å²) in [4.78, 5) is 26.4. The van der Waals surface area contributed by atoms with Crippen molar-refractivity contribution in [3.8, 4) is 0 Å². The lowest BCUT2D eigenvalue weighted by molar-refractivity contribution is -0.133. The molecule has 23 heavy (non-hydrogen) atoms. The predicted octanol–water partition coefficient (Wildman–Crippen LogP) is 4.38. The molecule has 1 heterocycles. The normalized spacial score (nSPS) is 27.6. The van der Waals surface area contributed by atoms with Gasteiger partial charge in [0.15, 0.2) is 0 Å². The lowest BCUT2D eigenvalue weighted by atomic mass is 9.75. The van der Waals surface area contributed by atoms with Gasteiger partial charge in [0.25, 0.3) is 5.91 Å². The van der Waals surface area contributed by atoms with E-state index in [1.165, 1.54) is 4.90 Å². The van der Waals surface area contributed by atoms with Gasteiger partial charge in [0, 0.05) is 10.0 Å². The molecular formula is C17H20Cl2N2O2. The molecule has 0 bridgehead atoms. The van der Waals surface area contributed by atoms with Crippen molar-refractivity contribution in [3.63, 3.8) is 0 Å². The average molecular weight is 355 g/mol. The predicted molar refractivity (Wildman–Crippen MR) is 90.5 cm³/mol. The highest BCUT2D eigenvalue weighted by molar-refractivity contribution is 6.35. The van der Waals surface area contributed by atoms with Crippen molar-refractivity contribution in [2.24, 2.45) is 5.92 Å². The monoisotopic (exact) mass is 354 g/mol. The van der Waals surface area contributed by atoms with Gasteiger partial charge in [0.2, 0.25) is 0 Å². The van der Waals surface area contributed by atoms with Crippen LogP contribution in [0, 0.1) is 5.92 Å². The van der Waals surface area contributed by atoms with Crippen LogP contribution >= 0.6 is 23.2 Å². The lowest BCUT2D eigenvalue weighted by Gasteiger charge is -2.34. The maximum atomic E-state index is 12.8. The minimum Gasteiger partial charge on any atom is -0.323 e. The van der Waals surface area contributed by atoms with Crippen LogP contribution in [-0.2, 0) is 11.3 Å². The zero-order chi connectivity index (χ0) is 16.6. The summed E-state index contributed by atoms with van der Waals surface area (Å²) < 4.78 is 0. The van der Waals surface area contributed by atoms with Crippen molar-refractivity contribution < 1.29 is 9.59 Å². The van der Waals surface area contributed by atoms with Gasteiger partial charge in [-0.25, -0.2) is 4.79 Å². The largest absolute Gasteiger partial charge is 0.325 e. The number of nitrogens with one attached hydrogen (secondary N) is 1. The van der Waals surface area contributed by atoms with Crippen LogP contribution in [0.5, 0.6) is 0 Å². The number of halogens is 2. The van der Waals surface area contributed by atoms with Crippen LogP contribution in [0.15, 0.2) is 18.2 Å². The Hall–Kier alpha value is -1.26. The van der Waals surface area contributed by atoms with Gasteiger partial charge in [-0.15, -0.1) is 0 Å². The fraction of sp³-hybridized carbons (Fsp3) is 0.529. The number of urea groups is 1. The van der Waals surface area contributed by atoms with Crippen molar-refractivity contribution in [2.45, 2.75) is 51.1 Å². The van der Waals surface area contributed by atoms with Crippen LogP contribution in [0.3, 0.4) is 0 Å². The quantitative estimate of drug-likeness (QED) is 0.818. The smallest absolute Gasteiger partial charge is 0.323 e. The van der Waals surface area contributed by atoms with Gasteiger partial charge in [-0.3, -0.25) is 9.69 Å².